The molecule has 0 spiro atoms. The van der Waals surface area contributed by atoms with Crippen molar-refractivity contribution in [2.45, 2.75) is 19.2 Å². The van der Waals surface area contributed by atoms with Crippen molar-refractivity contribution in [3.63, 3.8) is 0 Å². The van der Waals surface area contributed by atoms with Crippen molar-refractivity contribution >= 4 is 11.3 Å². The summed E-state index contributed by atoms with van der Waals surface area (Å²) in [4.78, 5) is 11.3. The quantitative estimate of drug-likeness (QED) is 0.622. The first-order valence-corrected chi connectivity index (χ1v) is 7.37. The second-order valence-corrected chi connectivity index (χ2v) is 5.73. The summed E-state index contributed by atoms with van der Waals surface area (Å²) in [5.74, 6) is -1.68. The van der Waals surface area contributed by atoms with Gasteiger partial charge in [-0.15, -0.1) is 11.3 Å². The lowest BCUT2D eigenvalue weighted by Crippen LogP contribution is -2.04. The van der Waals surface area contributed by atoms with Gasteiger partial charge in [0.05, 0.1) is 4.88 Å². The highest BCUT2D eigenvalue weighted by molar-refractivity contribution is 7.15. The number of rotatable bonds is 5. The molecule has 0 atom stereocenters. The van der Waals surface area contributed by atoms with E-state index in [9.17, 15) is 22.0 Å². The Bertz CT molecular complexity index is 864. The number of nitrogens with zero attached hydrogens (tertiary/aromatic N) is 4. The Morgan fingerprint density at radius 3 is 2.68 bits per heavy atom. The van der Waals surface area contributed by atoms with Crippen molar-refractivity contribution in [3.8, 4) is 16.6 Å². The average molecular weight is 378 g/mol. The second kappa shape index (κ2) is 6.70. The van der Waals surface area contributed by atoms with Crippen LogP contribution in [0.1, 0.15) is 22.9 Å². The van der Waals surface area contributed by atoms with Crippen LogP contribution in [0.2, 0.25) is 0 Å². The van der Waals surface area contributed by atoms with E-state index in [1.165, 1.54) is 6.07 Å². The van der Waals surface area contributed by atoms with Crippen molar-refractivity contribution < 1.29 is 31.2 Å². The summed E-state index contributed by atoms with van der Waals surface area (Å²) in [5, 5.41) is 3.28. The summed E-state index contributed by atoms with van der Waals surface area (Å²) in [6, 6.07) is 4.09. The highest BCUT2D eigenvalue weighted by Crippen LogP contribution is 2.32. The molecule has 3 rings (SSSR count). The lowest BCUT2D eigenvalue weighted by atomic mass is 10.4. The van der Waals surface area contributed by atoms with Crippen LogP contribution in [0.4, 0.5) is 22.0 Å². The molecule has 0 bridgehead atoms. The first-order chi connectivity index (χ1) is 11.8. The summed E-state index contributed by atoms with van der Waals surface area (Å²) in [7, 11) is 0. The van der Waals surface area contributed by atoms with Gasteiger partial charge in [0.2, 0.25) is 11.7 Å². The van der Waals surface area contributed by atoms with Gasteiger partial charge >= 0.3 is 12.1 Å². The predicted octanol–water partition coefficient (Wildman–Crippen LogP) is 4.12. The number of aromatic nitrogens is 4. The highest BCUT2D eigenvalue weighted by atomic mass is 32.1. The molecule has 0 saturated heterocycles. The van der Waals surface area contributed by atoms with Crippen molar-refractivity contribution in [3.05, 3.63) is 41.0 Å². The van der Waals surface area contributed by atoms with E-state index in [2.05, 4.69) is 24.6 Å². The zero-order chi connectivity index (χ0) is 18.0. The average Bonchev–Trinajstić information content (AvgIpc) is 3.21. The first kappa shape index (κ1) is 17.2. The molecule has 0 aliphatic rings. The molecule has 0 radical (unpaired) electrons. The maximum atomic E-state index is 12.5. The van der Waals surface area contributed by atoms with Crippen molar-refractivity contribution in [1.82, 2.24) is 20.1 Å². The van der Waals surface area contributed by atoms with E-state index < -0.39 is 24.2 Å². The third-order valence-electron chi connectivity index (χ3n) is 2.80. The van der Waals surface area contributed by atoms with E-state index in [0.29, 0.717) is 9.75 Å². The van der Waals surface area contributed by atoms with Gasteiger partial charge in [0.15, 0.2) is 0 Å². The lowest BCUT2D eigenvalue weighted by Gasteiger charge is -2.04. The van der Waals surface area contributed by atoms with Gasteiger partial charge in [-0.3, -0.25) is 0 Å². The fourth-order valence-corrected chi connectivity index (χ4v) is 2.56. The molecule has 0 amide bonds. The Hall–Kier alpha value is -2.63. The van der Waals surface area contributed by atoms with E-state index in [-0.39, 0.29) is 18.3 Å². The Labute approximate surface area is 140 Å². The van der Waals surface area contributed by atoms with Crippen LogP contribution < -0.4 is 4.74 Å². The van der Waals surface area contributed by atoms with E-state index in [4.69, 9.17) is 4.74 Å². The minimum Gasteiger partial charge on any atom is -0.472 e. The van der Waals surface area contributed by atoms with Crippen LogP contribution in [0.15, 0.2) is 29.0 Å². The number of hydrogen-bond acceptors (Lipinski definition) is 7. The van der Waals surface area contributed by atoms with E-state index in [0.717, 1.165) is 23.7 Å². The molecule has 3 aromatic rings. The molecule has 6 nitrogen and oxygen atoms in total. The molecule has 0 fully saturated rings. The molecule has 3 heterocycles. The SMILES string of the molecule is FC(F)c1cc(OCc2ccc(-c3noc(C(F)(F)F)n3)s2)ncn1. The van der Waals surface area contributed by atoms with Gasteiger partial charge in [0, 0.05) is 10.9 Å². The minimum absolute atomic E-state index is 0.0195. The van der Waals surface area contributed by atoms with Crippen LogP contribution in [0.3, 0.4) is 0 Å². The van der Waals surface area contributed by atoms with Gasteiger partial charge in [-0.2, -0.15) is 18.2 Å². The molecular formula is C13H7F5N4O2S. The number of alkyl halides is 5. The van der Waals surface area contributed by atoms with Gasteiger partial charge in [-0.1, -0.05) is 5.16 Å². The van der Waals surface area contributed by atoms with Gasteiger partial charge in [0.1, 0.15) is 18.6 Å². The van der Waals surface area contributed by atoms with Gasteiger partial charge in [-0.25, -0.2) is 18.7 Å². The van der Waals surface area contributed by atoms with Crippen LogP contribution in [0.25, 0.3) is 10.7 Å². The molecule has 12 heteroatoms. The second-order valence-electron chi connectivity index (χ2n) is 4.56. The Morgan fingerprint density at radius 2 is 2.00 bits per heavy atom. The lowest BCUT2D eigenvalue weighted by molar-refractivity contribution is -0.159. The fourth-order valence-electron chi connectivity index (χ4n) is 1.71. The van der Waals surface area contributed by atoms with E-state index >= 15 is 0 Å². The van der Waals surface area contributed by atoms with Crippen LogP contribution in [0.5, 0.6) is 5.88 Å². The van der Waals surface area contributed by atoms with Gasteiger partial charge in [0.25, 0.3) is 6.43 Å². The Morgan fingerprint density at radius 1 is 1.20 bits per heavy atom. The monoisotopic (exact) mass is 378 g/mol. The minimum atomic E-state index is -4.72. The zero-order valence-electron chi connectivity index (χ0n) is 12.0. The molecule has 0 unspecified atom stereocenters. The zero-order valence-corrected chi connectivity index (χ0v) is 12.8. The van der Waals surface area contributed by atoms with Crippen molar-refractivity contribution in [1.29, 1.82) is 0 Å². The number of halogens is 5. The normalized spacial score (nSPS) is 11.9. The van der Waals surface area contributed by atoms with Gasteiger partial charge in [-0.05, 0) is 12.1 Å². The van der Waals surface area contributed by atoms with Crippen LogP contribution in [-0.4, -0.2) is 20.1 Å². The summed E-state index contributed by atoms with van der Waals surface area (Å²) >= 11 is 1.07. The van der Waals surface area contributed by atoms with Crippen molar-refractivity contribution in [2.75, 3.05) is 0 Å². The molecule has 0 aliphatic heterocycles. The maximum Gasteiger partial charge on any atom is 0.471 e. The van der Waals surface area contributed by atoms with E-state index in [1.54, 1.807) is 6.07 Å². The molecule has 0 saturated carbocycles. The third-order valence-corrected chi connectivity index (χ3v) is 3.85. The predicted molar refractivity (Wildman–Crippen MR) is 73.9 cm³/mol. The molecule has 25 heavy (non-hydrogen) atoms. The highest BCUT2D eigenvalue weighted by Gasteiger charge is 2.38. The van der Waals surface area contributed by atoms with Gasteiger partial charge < -0.3 is 9.26 Å². The molecule has 3 aromatic heterocycles. The molecule has 132 valence electrons. The number of thiophene rings is 1. The van der Waals surface area contributed by atoms with E-state index in [1.807, 2.05) is 0 Å². The maximum absolute atomic E-state index is 12.5. The number of hydrogen-bond donors (Lipinski definition) is 0. The van der Waals surface area contributed by atoms with Crippen LogP contribution in [0, 0.1) is 0 Å². The summed E-state index contributed by atoms with van der Waals surface area (Å²) in [5.41, 5.74) is -0.469. The fraction of sp³-hybridized carbons (Fsp3) is 0.231. The largest absolute Gasteiger partial charge is 0.472 e. The van der Waals surface area contributed by atoms with Crippen molar-refractivity contribution in [2.24, 2.45) is 0 Å². The Balaban J connectivity index is 1.68. The topological polar surface area (TPSA) is 73.9 Å². The molecule has 0 aromatic carbocycles. The first-order valence-electron chi connectivity index (χ1n) is 6.56. The summed E-state index contributed by atoms with van der Waals surface area (Å²) < 4.78 is 71.8. The third kappa shape index (κ3) is 4.07. The molecular weight excluding hydrogens is 371 g/mol. The Kier molecular flexibility index (Phi) is 4.61. The number of ether oxygens (including phenoxy) is 1. The summed E-state index contributed by atoms with van der Waals surface area (Å²) in [6.45, 7) is -0.0195. The standard InChI is InChI=1S/C13H7F5N4O2S/c14-10(15)7-3-9(20-5-19-7)23-4-6-1-2-8(25-6)11-21-12(24-22-11)13(16,17)18/h1-3,5,10H,4H2. The summed E-state index contributed by atoms with van der Waals surface area (Å²) in [6.07, 6.45) is -6.52. The van der Waals surface area contributed by atoms with Crippen LogP contribution >= 0.6 is 11.3 Å². The molecule has 0 N–H and O–H groups in total. The smallest absolute Gasteiger partial charge is 0.471 e. The van der Waals surface area contributed by atoms with Crippen LogP contribution in [-0.2, 0) is 12.8 Å². The molecule has 0 aliphatic carbocycles.